The Morgan fingerprint density at radius 2 is 2.17 bits per heavy atom. The van der Waals surface area contributed by atoms with E-state index in [4.69, 9.17) is 15.5 Å². The van der Waals surface area contributed by atoms with E-state index in [2.05, 4.69) is 32.2 Å². The minimum absolute atomic E-state index is 0.216. The minimum atomic E-state index is -0.216. The third-order valence-corrected chi connectivity index (χ3v) is 7.75. The fourth-order valence-electron chi connectivity index (χ4n) is 4.20. The molecule has 1 aliphatic rings. The molecule has 6 heteroatoms. The fraction of sp³-hybridized carbons (Fsp3) is 0.417. The summed E-state index contributed by atoms with van der Waals surface area (Å²) in [4.78, 5) is 19.1. The number of thiophene rings is 1. The van der Waals surface area contributed by atoms with E-state index in [1.165, 1.54) is 16.9 Å². The summed E-state index contributed by atoms with van der Waals surface area (Å²) in [6.07, 6.45) is 4.34. The SMILES string of the molecule is CCC(C)(C)C1CCc2nc3sc(C(=O)Nc4cccc(OC)c4)c(N)c3cc2C1. The van der Waals surface area contributed by atoms with E-state index in [0.29, 0.717) is 33.3 Å². The summed E-state index contributed by atoms with van der Waals surface area (Å²) in [6, 6.07) is 9.46. The highest BCUT2D eigenvalue weighted by Gasteiger charge is 2.32. The highest BCUT2D eigenvalue weighted by Crippen LogP contribution is 2.42. The first-order valence-corrected chi connectivity index (χ1v) is 11.3. The molecule has 1 atom stereocenters. The van der Waals surface area contributed by atoms with Crippen LogP contribution in [0.25, 0.3) is 10.2 Å². The number of hydrogen-bond donors (Lipinski definition) is 2. The van der Waals surface area contributed by atoms with Crippen LogP contribution in [0, 0.1) is 11.3 Å². The first-order valence-electron chi connectivity index (χ1n) is 10.5. The van der Waals surface area contributed by atoms with Crippen molar-refractivity contribution in [3.63, 3.8) is 0 Å². The molecule has 3 N–H and O–H groups in total. The van der Waals surface area contributed by atoms with Crippen LogP contribution in [-0.2, 0) is 12.8 Å². The van der Waals surface area contributed by atoms with Gasteiger partial charge in [0.1, 0.15) is 15.5 Å². The molecule has 0 radical (unpaired) electrons. The normalized spacial score (nSPS) is 16.3. The number of nitrogen functional groups attached to an aromatic ring is 1. The average Bonchev–Trinajstić information content (AvgIpc) is 3.07. The van der Waals surface area contributed by atoms with E-state index in [1.807, 2.05) is 18.2 Å². The summed E-state index contributed by atoms with van der Waals surface area (Å²) in [7, 11) is 1.60. The molecule has 0 spiro atoms. The number of nitrogens with one attached hydrogen (secondary N) is 1. The molecule has 0 bridgehead atoms. The van der Waals surface area contributed by atoms with E-state index in [1.54, 1.807) is 13.2 Å². The topological polar surface area (TPSA) is 77.2 Å². The van der Waals surface area contributed by atoms with Crippen molar-refractivity contribution in [1.82, 2.24) is 4.98 Å². The summed E-state index contributed by atoms with van der Waals surface area (Å²) in [6.45, 7) is 6.98. The molecule has 2 heterocycles. The number of fused-ring (bicyclic) bond motifs is 2. The molecule has 1 unspecified atom stereocenters. The minimum Gasteiger partial charge on any atom is -0.497 e. The number of anilines is 2. The van der Waals surface area contributed by atoms with Gasteiger partial charge in [-0.1, -0.05) is 33.3 Å². The van der Waals surface area contributed by atoms with Crippen molar-refractivity contribution in [1.29, 1.82) is 0 Å². The number of aryl methyl sites for hydroxylation is 1. The second-order valence-corrected chi connectivity index (χ2v) is 9.76. The van der Waals surface area contributed by atoms with Crippen LogP contribution in [-0.4, -0.2) is 18.0 Å². The van der Waals surface area contributed by atoms with Crippen LogP contribution < -0.4 is 15.8 Å². The summed E-state index contributed by atoms with van der Waals surface area (Å²) < 4.78 is 5.23. The Kier molecular flexibility index (Phi) is 5.45. The lowest BCUT2D eigenvalue weighted by Crippen LogP contribution is -2.29. The van der Waals surface area contributed by atoms with Crippen molar-refractivity contribution in [2.45, 2.75) is 46.5 Å². The zero-order chi connectivity index (χ0) is 21.5. The van der Waals surface area contributed by atoms with Crippen molar-refractivity contribution in [2.75, 3.05) is 18.2 Å². The number of nitrogens with zero attached hydrogens (tertiary/aromatic N) is 1. The summed E-state index contributed by atoms with van der Waals surface area (Å²) in [5, 5.41) is 3.82. The lowest BCUT2D eigenvalue weighted by molar-refractivity contribution is 0.103. The number of carbonyl (C=O) groups excluding carboxylic acids is 1. The van der Waals surface area contributed by atoms with Crippen molar-refractivity contribution < 1.29 is 9.53 Å². The standard InChI is InChI=1S/C24H29N3O2S/c1-5-24(2,3)15-9-10-19-14(11-15)12-18-20(25)21(30-23(18)27-19)22(28)26-16-7-6-8-17(13-16)29-4/h6-8,12-13,15H,5,9-11,25H2,1-4H3,(H,26,28). The summed E-state index contributed by atoms with van der Waals surface area (Å²) in [5.74, 6) is 1.12. The highest BCUT2D eigenvalue weighted by molar-refractivity contribution is 7.21. The quantitative estimate of drug-likeness (QED) is 0.553. The number of nitrogens with two attached hydrogens (primary N) is 1. The lowest BCUT2D eigenvalue weighted by atomic mass is 9.69. The van der Waals surface area contributed by atoms with Gasteiger partial charge in [-0.05, 0) is 54.4 Å². The summed E-state index contributed by atoms with van der Waals surface area (Å²) >= 11 is 1.37. The monoisotopic (exact) mass is 423 g/mol. The number of carbonyl (C=O) groups is 1. The molecule has 158 valence electrons. The van der Waals surface area contributed by atoms with Crippen LogP contribution in [0.1, 0.15) is 54.5 Å². The molecular formula is C24H29N3O2S. The zero-order valence-electron chi connectivity index (χ0n) is 18.0. The van der Waals surface area contributed by atoms with E-state index < -0.39 is 0 Å². The Morgan fingerprint density at radius 3 is 2.90 bits per heavy atom. The third-order valence-electron chi connectivity index (χ3n) is 6.64. The Bertz CT molecular complexity index is 1100. The number of methoxy groups -OCH3 is 1. The van der Waals surface area contributed by atoms with E-state index >= 15 is 0 Å². The molecule has 0 saturated carbocycles. The van der Waals surface area contributed by atoms with Gasteiger partial charge < -0.3 is 15.8 Å². The molecular weight excluding hydrogens is 394 g/mol. The number of pyridine rings is 1. The van der Waals surface area contributed by atoms with Crippen LogP contribution in [0.3, 0.4) is 0 Å². The molecule has 2 aromatic heterocycles. The second-order valence-electron chi connectivity index (χ2n) is 8.76. The van der Waals surface area contributed by atoms with Gasteiger partial charge in [-0.3, -0.25) is 4.79 Å². The van der Waals surface area contributed by atoms with E-state index in [9.17, 15) is 4.79 Å². The fourth-order valence-corrected chi connectivity index (χ4v) is 5.19. The number of aromatic nitrogens is 1. The predicted octanol–water partition coefficient (Wildman–Crippen LogP) is 5.68. The molecule has 1 aliphatic carbocycles. The van der Waals surface area contributed by atoms with Crippen molar-refractivity contribution >= 4 is 38.8 Å². The van der Waals surface area contributed by atoms with Gasteiger partial charge in [0.15, 0.2) is 0 Å². The van der Waals surface area contributed by atoms with Crippen LogP contribution in [0.5, 0.6) is 5.75 Å². The van der Waals surface area contributed by atoms with Crippen molar-refractivity contribution in [3.8, 4) is 5.75 Å². The van der Waals surface area contributed by atoms with Gasteiger partial charge in [-0.2, -0.15) is 0 Å². The maximum absolute atomic E-state index is 12.9. The number of ether oxygens (including phenoxy) is 1. The van der Waals surface area contributed by atoms with Gasteiger partial charge >= 0.3 is 0 Å². The number of rotatable bonds is 5. The number of hydrogen-bond acceptors (Lipinski definition) is 5. The maximum atomic E-state index is 12.9. The molecule has 0 saturated heterocycles. The predicted molar refractivity (Wildman–Crippen MR) is 125 cm³/mol. The van der Waals surface area contributed by atoms with Gasteiger partial charge in [0, 0.05) is 22.8 Å². The second kappa shape index (κ2) is 7.91. The van der Waals surface area contributed by atoms with Gasteiger partial charge in [0.25, 0.3) is 5.91 Å². The number of benzene rings is 1. The summed E-state index contributed by atoms with van der Waals surface area (Å²) in [5.41, 5.74) is 10.4. The molecule has 5 nitrogen and oxygen atoms in total. The van der Waals surface area contributed by atoms with Crippen LogP contribution >= 0.6 is 11.3 Å². The smallest absolute Gasteiger partial charge is 0.267 e. The Hall–Kier alpha value is -2.60. The van der Waals surface area contributed by atoms with E-state index in [-0.39, 0.29) is 5.91 Å². The molecule has 0 aliphatic heterocycles. The van der Waals surface area contributed by atoms with Crippen molar-refractivity contribution in [2.24, 2.45) is 11.3 Å². The number of amides is 1. The Balaban J connectivity index is 1.64. The lowest BCUT2D eigenvalue weighted by Gasteiger charge is -2.36. The molecule has 0 fully saturated rings. The molecule has 1 aromatic carbocycles. The van der Waals surface area contributed by atoms with E-state index in [0.717, 1.165) is 41.6 Å². The molecule has 30 heavy (non-hydrogen) atoms. The van der Waals surface area contributed by atoms with Gasteiger partial charge in [0.05, 0.1) is 12.8 Å². The van der Waals surface area contributed by atoms with Gasteiger partial charge in [-0.25, -0.2) is 4.98 Å². The van der Waals surface area contributed by atoms with Gasteiger partial charge in [0.2, 0.25) is 0 Å². The first kappa shape index (κ1) is 20.7. The average molecular weight is 424 g/mol. The first-order chi connectivity index (χ1) is 14.3. The maximum Gasteiger partial charge on any atom is 0.267 e. The van der Waals surface area contributed by atoms with Crippen LogP contribution in [0.4, 0.5) is 11.4 Å². The van der Waals surface area contributed by atoms with Gasteiger partial charge in [-0.15, -0.1) is 11.3 Å². The highest BCUT2D eigenvalue weighted by atomic mass is 32.1. The van der Waals surface area contributed by atoms with Crippen LogP contribution in [0.2, 0.25) is 0 Å². The van der Waals surface area contributed by atoms with Crippen LogP contribution in [0.15, 0.2) is 30.3 Å². The third kappa shape index (κ3) is 3.76. The molecule has 1 amide bonds. The zero-order valence-corrected chi connectivity index (χ0v) is 18.9. The molecule has 4 rings (SSSR count). The Labute approximate surface area is 181 Å². The van der Waals surface area contributed by atoms with Crippen molar-refractivity contribution in [3.05, 3.63) is 46.5 Å². The largest absolute Gasteiger partial charge is 0.497 e. The Morgan fingerprint density at radius 1 is 1.37 bits per heavy atom. The molecule has 3 aromatic rings.